The van der Waals surface area contributed by atoms with Gasteiger partial charge in [-0.3, -0.25) is 9.89 Å². The van der Waals surface area contributed by atoms with Gasteiger partial charge in [-0.15, -0.1) is 0 Å². The molecule has 1 atom stereocenters. The molecule has 0 bridgehead atoms. The van der Waals surface area contributed by atoms with E-state index in [1.165, 1.54) is 0 Å². The maximum atomic E-state index is 11.7. The highest BCUT2D eigenvalue weighted by molar-refractivity contribution is 5.74. The largest absolute Gasteiger partial charge is 0.333 e. The van der Waals surface area contributed by atoms with Crippen LogP contribution in [0.1, 0.15) is 43.0 Å². The summed E-state index contributed by atoms with van der Waals surface area (Å²) in [6, 6.07) is 3.87. The topological polar surface area (TPSA) is 74.8 Å². The third-order valence-electron chi connectivity index (χ3n) is 3.80. The number of rotatable bonds is 2. The van der Waals surface area contributed by atoms with E-state index in [-0.39, 0.29) is 11.9 Å². The number of likely N-dealkylation sites (tertiary alicyclic amines) is 1. The minimum Gasteiger partial charge on any atom is -0.333 e. The smallest absolute Gasteiger partial charge is 0.220 e. The fourth-order valence-corrected chi connectivity index (χ4v) is 2.83. The molecule has 1 fully saturated rings. The van der Waals surface area contributed by atoms with Gasteiger partial charge in [0.2, 0.25) is 5.91 Å². The van der Waals surface area contributed by atoms with Crippen LogP contribution in [0, 0.1) is 13.8 Å². The Kier molecular flexibility index (Phi) is 3.45. The van der Waals surface area contributed by atoms with Crippen molar-refractivity contribution in [3.8, 4) is 11.4 Å². The van der Waals surface area contributed by atoms with Gasteiger partial charge in [0.1, 0.15) is 5.69 Å². The van der Waals surface area contributed by atoms with Gasteiger partial charge in [-0.1, -0.05) is 0 Å². The van der Waals surface area contributed by atoms with Crippen molar-refractivity contribution < 1.29 is 4.79 Å². The lowest BCUT2D eigenvalue weighted by Gasteiger charge is -2.22. The first kappa shape index (κ1) is 13.7. The molecule has 0 aromatic carbocycles. The molecule has 3 rings (SSSR count). The SMILES string of the molecule is CC(=O)N1CCC[C@H]1c1nc(C)cc(-c2cc(C)[nH]n2)n1. The minimum absolute atomic E-state index is 0.0128. The molecule has 2 aromatic rings. The van der Waals surface area contributed by atoms with Crippen molar-refractivity contribution in [1.29, 1.82) is 0 Å². The molecule has 3 heterocycles. The van der Waals surface area contributed by atoms with Crippen LogP contribution in [0.25, 0.3) is 11.4 Å². The van der Waals surface area contributed by atoms with Crippen LogP contribution in [-0.4, -0.2) is 37.5 Å². The molecule has 0 spiro atoms. The average molecular weight is 285 g/mol. The quantitative estimate of drug-likeness (QED) is 0.917. The summed E-state index contributed by atoms with van der Waals surface area (Å²) in [5.74, 6) is 0.804. The number of carbonyl (C=O) groups excluding carboxylic acids is 1. The van der Waals surface area contributed by atoms with Crippen molar-refractivity contribution in [3.63, 3.8) is 0 Å². The summed E-state index contributed by atoms with van der Waals surface area (Å²) in [7, 11) is 0. The number of hydrogen-bond donors (Lipinski definition) is 1. The van der Waals surface area contributed by atoms with Gasteiger partial charge in [0, 0.05) is 24.9 Å². The van der Waals surface area contributed by atoms with Gasteiger partial charge in [-0.25, -0.2) is 9.97 Å². The number of hydrogen-bond acceptors (Lipinski definition) is 4. The van der Waals surface area contributed by atoms with Crippen LogP contribution >= 0.6 is 0 Å². The third kappa shape index (κ3) is 2.66. The zero-order valence-corrected chi connectivity index (χ0v) is 12.6. The van der Waals surface area contributed by atoms with Crippen LogP contribution in [0.3, 0.4) is 0 Å². The molecular formula is C15H19N5O. The molecule has 0 saturated carbocycles. The van der Waals surface area contributed by atoms with Crippen molar-refractivity contribution >= 4 is 5.91 Å². The Hall–Kier alpha value is -2.24. The Morgan fingerprint density at radius 3 is 2.76 bits per heavy atom. The standard InChI is InChI=1S/C15H19N5O/c1-9-7-12(13-8-10(2)18-19-13)17-15(16-9)14-5-4-6-20(14)11(3)21/h7-8,14H,4-6H2,1-3H3,(H,18,19)/t14-/m0/s1. The van der Waals surface area contributed by atoms with E-state index in [1.54, 1.807) is 6.92 Å². The predicted molar refractivity (Wildman–Crippen MR) is 78.4 cm³/mol. The van der Waals surface area contributed by atoms with Gasteiger partial charge in [-0.05, 0) is 38.8 Å². The maximum Gasteiger partial charge on any atom is 0.220 e. The molecule has 110 valence electrons. The fourth-order valence-electron chi connectivity index (χ4n) is 2.83. The second-order valence-corrected chi connectivity index (χ2v) is 5.56. The van der Waals surface area contributed by atoms with Gasteiger partial charge in [-0.2, -0.15) is 5.10 Å². The van der Waals surface area contributed by atoms with Crippen molar-refractivity contribution in [2.24, 2.45) is 0 Å². The first-order valence-electron chi connectivity index (χ1n) is 7.20. The highest BCUT2D eigenvalue weighted by Gasteiger charge is 2.30. The van der Waals surface area contributed by atoms with E-state index in [0.717, 1.165) is 48.0 Å². The molecule has 0 aliphatic carbocycles. The summed E-state index contributed by atoms with van der Waals surface area (Å²) in [5, 5.41) is 7.18. The third-order valence-corrected chi connectivity index (χ3v) is 3.80. The zero-order chi connectivity index (χ0) is 15.0. The van der Waals surface area contributed by atoms with Crippen LogP contribution in [0.5, 0.6) is 0 Å². The lowest BCUT2D eigenvalue weighted by atomic mass is 10.1. The summed E-state index contributed by atoms with van der Waals surface area (Å²) in [6.45, 7) is 6.29. The highest BCUT2D eigenvalue weighted by Crippen LogP contribution is 2.31. The molecule has 0 radical (unpaired) electrons. The van der Waals surface area contributed by atoms with Crippen molar-refractivity contribution in [3.05, 3.63) is 29.3 Å². The molecule has 1 aliphatic rings. The molecule has 21 heavy (non-hydrogen) atoms. The molecule has 1 amide bonds. The Morgan fingerprint density at radius 1 is 1.29 bits per heavy atom. The minimum atomic E-state index is -0.0128. The lowest BCUT2D eigenvalue weighted by molar-refractivity contribution is -0.129. The number of aromatic nitrogens is 4. The summed E-state index contributed by atoms with van der Waals surface area (Å²) < 4.78 is 0. The molecule has 2 aromatic heterocycles. The number of carbonyl (C=O) groups is 1. The van der Waals surface area contributed by atoms with Gasteiger partial charge >= 0.3 is 0 Å². The molecule has 6 nitrogen and oxygen atoms in total. The van der Waals surface area contributed by atoms with E-state index in [4.69, 9.17) is 0 Å². The summed E-state index contributed by atoms with van der Waals surface area (Å²) in [4.78, 5) is 22.8. The Bertz CT molecular complexity index is 678. The maximum absolute atomic E-state index is 11.7. The van der Waals surface area contributed by atoms with Gasteiger partial charge in [0.15, 0.2) is 5.82 Å². The van der Waals surface area contributed by atoms with Crippen LogP contribution in [-0.2, 0) is 4.79 Å². The Morgan fingerprint density at radius 2 is 2.10 bits per heavy atom. The number of amides is 1. The molecule has 1 N–H and O–H groups in total. The van der Waals surface area contributed by atoms with Gasteiger partial charge < -0.3 is 4.90 Å². The number of nitrogens with one attached hydrogen (secondary N) is 1. The van der Waals surface area contributed by atoms with Crippen LogP contribution in [0.15, 0.2) is 12.1 Å². The van der Waals surface area contributed by atoms with Crippen molar-refractivity contribution in [2.75, 3.05) is 6.54 Å². The molecule has 1 saturated heterocycles. The predicted octanol–water partition coefficient (Wildman–Crippen LogP) is 2.17. The second-order valence-electron chi connectivity index (χ2n) is 5.56. The molecule has 0 unspecified atom stereocenters. The first-order valence-corrected chi connectivity index (χ1v) is 7.20. The average Bonchev–Trinajstić information content (AvgIpc) is 3.06. The van der Waals surface area contributed by atoms with Crippen molar-refractivity contribution in [1.82, 2.24) is 25.1 Å². The van der Waals surface area contributed by atoms with Crippen LogP contribution in [0.4, 0.5) is 0 Å². The number of nitrogens with zero attached hydrogens (tertiary/aromatic N) is 4. The molecule has 6 heteroatoms. The van der Waals surface area contributed by atoms with E-state index in [2.05, 4.69) is 20.2 Å². The fraction of sp³-hybridized carbons (Fsp3) is 0.467. The summed E-state index contributed by atoms with van der Waals surface area (Å²) in [6.07, 6.45) is 1.92. The summed E-state index contributed by atoms with van der Waals surface area (Å²) in [5.41, 5.74) is 3.50. The van der Waals surface area contributed by atoms with Crippen molar-refractivity contribution in [2.45, 2.75) is 39.7 Å². The van der Waals surface area contributed by atoms with Crippen LogP contribution in [0.2, 0.25) is 0 Å². The van der Waals surface area contributed by atoms with Gasteiger partial charge in [0.05, 0.1) is 11.7 Å². The first-order chi connectivity index (χ1) is 10.0. The van der Waals surface area contributed by atoms with Crippen LogP contribution < -0.4 is 0 Å². The van der Waals surface area contributed by atoms with E-state index in [9.17, 15) is 4.79 Å². The number of aromatic amines is 1. The Balaban J connectivity index is 2.00. The van der Waals surface area contributed by atoms with E-state index >= 15 is 0 Å². The normalized spacial score (nSPS) is 18.2. The zero-order valence-electron chi connectivity index (χ0n) is 12.6. The molecule has 1 aliphatic heterocycles. The highest BCUT2D eigenvalue weighted by atomic mass is 16.2. The Labute approximate surface area is 123 Å². The van der Waals surface area contributed by atoms with Gasteiger partial charge in [0.25, 0.3) is 0 Å². The van der Waals surface area contributed by atoms with E-state index in [1.807, 2.05) is 30.9 Å². The number of H-pyrrole nitrogens is 1. The molecular weight excluding hydrogens is 266 g/mol. The van der Waals surface area contributed by atoms with E-state index in [0.29, 0.717) is 0 Å². The lowest BCUT2D eigenvalue weighted by Crippen LogP contribution is -2.29. The second kappa shape index (κ2) is 5.27. The number of aryl methyl sites for hydroxylation is 2. The van der Waals surface area contributed by atoms with E-state index < -0.39 is 0 Å². The summed E-state index contributed by atoms with van der Waals surface area (Å²) >= 11 is 0. The monoisotopic (exact) mass is 285 g/mol.